The predicted octanol–water partition coefficient (Wildman–Crippen LogP) is 4.65. The van der Waals surface area contributed by atoms with Gasteiger partial charge in [0.15, 0.2) is 5.82 Å². The minimum atomic E-state index is -0.643. The van der Waals surface area contributed by atoms with E-state index in [9.17, 15) is 9.59 Å². The first-order valence-corrected chi connectivity index (χ1v) is 9.19. The van der Waals surface area contributed by atoms with Gasteiger partial charge in [-0.3, -0.25) is 4.79 Å². The highest BCUT2D eigenvalue weighted by Crippen LogP contribution is 2.21. The van der Waals surface area contributed by atoms with Gasteiger partial charge < -0.3 is 10.1 Å². The van der Waals surface area contributed by atoms with Gasteiger partial charge in [-0.1, -0.05) is 32.4 Å². The fourth-order valence-corrected chi connectivity index (χ4v) is 2.54. The average Bonchev–Trinajstić information content (AvgIpc) is 2.96. The summed E-state index contributed by atoms with van der Waals surface area (Å²) in [5.74, 6) is 0.0557. The maximum Gasteiger partial charge on any atom is 0.435 e. The highest BCUT2D eigenvalue weighted by Gasteiger charge is 2.22. The zero-order chi connectivity index (χ0) is 20.4. The van der Waals surface area contributed by atoms with Gasteiger partial charge in [0.05, 0.1) is 5.56 Å². The molecule has 0 spiro atoms. The van der Waals surface area contributed by atoms with Gasteiger partial charge >= 0.3 is 6.09 Å². The van der Waals surface area contributed by atoms with E-state index in [1.807, 2.05) is 20.8 Å². The van der Waals surface area contributed by atoms with Crippen LogP contribution in [0.3, 0.4) is 0 Å². The van der Waals surface area contributed by atoms with Crippen LogP contribution < -0.4 is 5.32 Å². The number of nitrogens with zero attached hydrogens (tertiary/aromatic N) is 3. The van der Waals surface area contributed by atoms with Crippen molar-refractivity contribution in [2.75, 3.05) is 5.32 Å². The molecular formula is C19H25ClN4O3. The molecule has 0 fully saturated rings. The minimum absolute atomic E-state index is 0.128. The van der Waals surface area contributed by atoms with Crippen molar-refractivity contribution in [3.8, 4) is 0 Å². The van der Waals surface area contributed by atoms with Gasteiger partial charge in [-0.25, -0.2) is 9.78 Å². The van der Waals surface area contributed by atoms with Crippen LogP contribution in [0.4, 0.5) is 10.6 Å². The Morgan fingerprint density at radius 1 is 1.30 bits per heavy atom. The van der Waals surface area contributed by atoms with E-state index in [1.165, 1.54) is 0 Å². The first kappa shape index (κ1) is 20.9. The van der Waals surface area contributed by atoms with Gasteiger partial charge in [0.1, 0.15) is 10.8 Å². The molecule has 146 valence electrons. The summed E-state index contributed by atoms with van der Waals surface area (Å²) in [6.45, 7) is 11.2. The minimum Gasteiger partial charge on any atom is -0.442 e. The molecule has 8 heteroatoms. The number of halogens is 1. The monoisotopic (exact) mass is 392 g/mol. The quantitative estimate of drug-likeness (QED) is 0.765. The van der Waals surface area contributed by atoms with Crippen molar-refractivity contribution < 1.29 is 14.3 Å². The summed E-state index contributed by atoms with van der Waals surface area (Å²) in [4.78, 5) is 29.0. The molecule has 2 aromatic heterocycles. The molecule has 1 amide bonds. The Balaban J connectivity index is 2.24. The summed E-state index contributed by atoms with van der Waals surface area (Å²) >= 11 is 6.16. The summed E-state index contributed by atoms with van der Waals surface area (Å²) in [6, 6.07) is 3.40. The number of ether oxygens (including phenoxy) is 1. The SMILES string of the molecule is CCc1cn(C(=O)OC(C)(C)C)nc1NC(=O)c1ccc(C(C)C)nc1Cl. The molecule has 0 aromatic carbocycles. The van der Waals surface area contributed by atoms with Gasteiger partial charge in [-0.05, 0) is 45.2 Å². The van der Waals surface area contributed by atoms with Crippen LogP contribution in [-0.4, -0.2) is 32.4 Å². The molecule has 2 heterocycles. The molecule has 27 heavy (non-hydrogen) atoms. The first-order valence-electron chi connectivity index (χ1n) is 8.81. The average molecular weight is 393 g/mol. The van der Waals surface area contributed by atoms with E-state index < -0.39 is 17.6 Å². The molecule has 0 bridgehead atoms. The van der Waals surface area contributed by atoms with Gasteiger partial charge in [-0.2, -0.15) is 4.68 Å². The summed E-state index contributed by atoms with van der Waals surface area (Å²) in [6.07, 6.45) is 1.51. The summed E-state index contributed by atoms with van der Waals surface area (Å²) in [5, 5.41) is 6.98. The van der Waals surface area contributed by atoms with E-state index >= 15 is 0 Å². The number of hydrogen-bond acceptors (Lipinski definition) is 5. The smallest absolute Gasteiger partial charge is 0.435 e. The Hall–Kier alpha value is -2.41. The Labute approximate surface area is 164 Å². The normalized spacial score (nSPS) is 11.6. The van der Waals surface area contributed by atoms with Crippen LogP contribution in [0.1, 0.15) is 69.1 Å². The van der Waals surface area contributed by atoms with Crippen molar-refractivity contribution in [2.24, 2.45) is 0 Å². The van der Waals surface area contributed by atoms with Gasteiger partial charge in [0.2, 0.25) is 0 Å². The number of pyridine rings is 1. The van der Waals surface area contributed by atoms with Crippen molar-refractivity contribution >= 4 is 29.4 Å². The zero-order valence-corrected chi connectivity index (χ0v) is 17.2. The third-order valence-corrected chi connectivity index (χ3v) is 3.98. The van der Waals surface area contributed by atoms with Crippen LogP contribution >= 0.6 is 11.6 Å². The Morgan fingerprint density at radius 3 is 2.48 bits per heavy atom. The van der Waals surface area contributed by atoms with E-state index in [2.05, 4.69) is 15.4 Å². The topological polar surface area (TPSA) is 86.1 Å². The number of amides is 1. The Kier molecular flexibility index (Phi) is 6.26. The standard InChI is InChI=1S/C19H25ClN4O3/c1-7-12-10-24(18(26)27-19(4,5)6)23-16(12)22-17(25)13-8-9-14(11(2)3)21-15(13)20/h8-11H,7H2,1-6H3,(H,22,23,25). The molecule has 0 saturated carbocycles. The molecule has 2 rings (SSSR count). The second kappa shape index (κ2) is 8.08. The lowest BCUT2D eigenvalue weighted by molar-refractivity contribution is 0.0514. The van der Waals surface area contributed by atoms with Crippen LogP contribution in [-0.2, 0) is 11.2 Å². The van der Waals surface area contributed by atoms with E-state index in [0.717, 1.165) is 10.4 Å². The van der Waals surface area contributed by atoms with Crippen LogP contribution in [0.5, 0.6) is 0 Å². The van der Waals surface area contributed by atoms with E-state index in [4.69, 9.17) is 16.3 Å². The maximum absolute atomic E-state index is 12.6. The number of carbonyl (C=O) groups is 2. The van der Waals surface area contributed by atoms with Crippen molar-refractivity contribution in [1.82, 2.24) is 14.8 Å². The lowest BCUT2D eigenvalue weighted by atomic mass is 10.1. The summed E-state index contributed by atoms with van der Waals surface area (Å²) < 4.78 is 6.38. The molecule has 0 saturated heterocycles. The van der Waals surface area contributed by atoms with Crippen molar-refractivity contribution in [3.05, 3.63) is 40.3 Å². The lowest BCUT2D eigenvalue weighted by Gasteiger charge is -2.18. The molecule has 0 aliphatic rings. The van der Waals surface area contributed by atoms with Crippen molar-refractivity contribution in [1.29, 1.82) is 0 Å². The summed E-state index contributed by atoms with van der Waals surface area (Å²) in [5.41, 5.74) is 1.11. The third kappa shape index (κ3) is 5.29. The fraction of sp³-hybridized carbons (Fsp3) is 0.474. The number of carbonyl (C=O) groups excluding carboxylic acids is 2. The lowest BCUT2D eigenvalue weighted by Crippen LogP contribution is -2.27. The second-order valence-electron chi connectivity index (χ2n) is 7.46. The fourth-order valence-electron chi connectivity index (χ4n) is 2.29. The maximum atomic E-state index is 12.6. The second-order valence-corrected chi connectivity index (χ2v) is 7.82. The first-order chi connectivity index (χ1) is 12.5. The number of anilines is 1. The molecule has 1 N–H and O–H groups in total. The number of aromatic nitrogens is 3. The van der Waals surface area contributed by atoms with Crippen LogP contribution in [0, 0.1) is 0 Å². The number of nitrogens with one attached hydrogen (secondary N) is 1. The number of hydrogen-bond donors (Lipinski definition) is 1. The molecule has 0 aliphatic heterocycles. The van der Waals surface area contributed by atoms with Gasteiger partial charge in [0.25, 0.3) is 5.91 Å². The molecule has 2 aromatic rings. The molecule has 7 nitrogen and oxygen atoms in total. The number of rotatable bonds is 4. The molecular weight excluding hydrogens is 368 g/mol. The zero-order valence-electron chi connectivity index (χ0n) is 16.5. The van der Waals surface area contributed by atoms with Crippen LogP contribution in [0.25, 0.3) is 0 Å². The highest BCUT2D eigenvalue weighted by atomic mass is 35.5. The summed E-state index contributed by atoms with van der Waals surface area (Å²) in [7, 11) is 0. The third-order valence-electron chi connectivity index (χ3n) is 3.69. The molecule has 0 aliphatic carbocycles. The van der Waals surface area contributed by atoms with Crippen LogP contribution in [0.15, 0.2) is 18.3 Å². The highest BCUT2D eigenvalue weighted by molar-refractivity contribution is 6.33. The Morgan fingerprint density at radius 2 is 1.96 bits per heavy atom. The van der Waals surface area contributed by atoms with E-state index in [-0.39, 0.29) is 22.5 Å². The number of aryl methyl sites for hydroxylation is 1. The predicted molar refractivity (Wildman–Crippen MR) is 105 cm³/mol. The van der Waals surface area contributed by atoms with E-state index in [0.29, 0.717) is 12.0 Å². The molecule has 0 atom stereocenters. The van der Waals surface area contributed by atoms with E-state index in [1.54, 1.807) is 39.1 Å². The largest absolute Gasteiger partial charge is 0.442 e. The molecule has 0 radical (unpaired) electrons. The van der Waals surface area contributed by atoms with Crippen molar-refractivity contribution in [3.63, 3.8) is 0 Å². The van der Waals surface area contributed by atoms with Gasteiger partial charge in [-0.15, -0.1) is 5.10 Å². The van der Waals surface area contributed by atoms with Gasteiger partial charge in [0, 0.05) is 17.5 Å². The molecule has 0 unspecified atom stereocenters. The van der Waals surface area contributed by atoms with Crippen LogP contribution in [0.2, 0.25) is 5.15 Å². The Bertz CT molecular complexity index is 853. The van der Waals surface area contributed by atoms with Crippen molar-refractivity contribution in [2.45, 2.75) is 59.5 Å².